The summed E-state index contributed by atoms with van der Waals surface area (Å²) in [5.41, 5.74) is 10.6. The highest BCUT2D eigenvalue weighted by Crippen LogP contribution is 2.43. The average molecular weight is 345 g/mol. The van der Waals surface area contributed by atoms with Crippen molar-refractivity contribution in [3.8, 4) is 21.7 Å². The van der Waals surface area contributed by atoms with Crippen molar-refractivity contribution in [3.05, 3.63) is 58.7 Å². The molecule has 2 heterocycles. The Bertz CT molecular complexity index is 733. The van der Waals surface area contributed by atoms with Crippen LogP contribution in [0, 0.1) is 6.92 Å². The molecule has 0 saturated carbocycles. The minimum Gasteiger partial charge on any atom is -0.390 e. The molecule has 2 N–H and O–H groups in total. The normalized spacial score (nSPS) is 10.7. The smallest absolute Gasteiger partial charge is 0.0961 e. The van der Waals surface area contributed by atoms with Crippen molar-refractivity contribution in [2.45, 2.75) is 6.92 Å². The quantitative estimate of drug-likeness (QED) is 0.699. The molecule has 0 aliphatic heterocycles. The molecule has 0 bridgehead atoms. The van der Waals surface area contributed by atoms with Crippen LogP contribution in [-0.2, 0) is 0 Å². The zero-order valence-corrected chi connectivity index (χ0v) is 13.3. The van der Waals surface area contributed by atoms with E-state index in [0.717, 1.165) is 20.7 Å². The van der Waals surface area contributed by atoms with Gasteiger partial charge in [0.25, 0.3) is 0 Å². The Morgan fingerprint density at radius 1 is 1.10 bits per heavy atom. The third-order valence-corrected chi connectivity index (χ3v) is 4.90. The number of nitrogen functional groups attached to an aromatic ring is 1. The summed E-state index contributed by atoms with van der Waals surface area (Å²) in [5, 5.41) is 0.819. The standard InChI is InChI=1S/C16H13BrN2S/c1-10-14(13-4-2-3-9-19-13)16(18)20-15(10)11-5-7-12(17)8-6-11/h2-9H,18H2,1H3. The highest BCUT2D eigenvalue weighted by atomic mass is 79.9. The fraction of sp³-hybridized carbons (Fsp3) is 0.0625. The first-order valence-electron chi connectivity index (χ1n) is 6.23. The maximum Gasteiger partial charge on any atom is 0.0961 e. The molecule has 0 aliphatic rings. The van der Waals surface area contributed by atoms with Crippen molar-refractivity contribution in [2.24, 2.45) is 0 Å². The van der Waals surface area contributed by atoms with Crippen molar-refractivity contribution in [2.75, 3.05) is 5.73 Å². The van der Waals surface area contributed by atoms with Crippen molar-refractivity contribution in [1.29, 1.82) is 0 Å². The van der Waals surface area contributed by atoms with Gasteiger partial charge in [-0.25, -0.2) is 0 Å². The minimum absolute atomic E-state index is 0.819. The summed E-state index contributed by atoms with van der Waals surface area (Å²) in [6.45, 7) is 2.11. The molecule has 0 amide bonds. The third kappa shape index (κ3) is 2.37. The monoisotopic (exact) mass is 344 g/mol. The van der Waals surface area contributed by atoms with Gasteiger partial charge < -0.3 is 5.73 Å². The zero-order valence-electron chi connectivity index (χ0n) is 10.9. The molecule has 0 aliphatic carbocycles. The van der Waals surface area contributed by atoms with Crippen LogP contribution in [0.4, 0.5) is 5.00 Å². The highest BCUT2D eigenvalue weighted by molar-refractivity contribution is 9.10. The van der Waals surface area contributed by atoms with Gasteiger partial charge in [0.15, 0.2) is 0 Å². The van der Waals surface area contributed by atoms with Crippen LogP contribution in [0.2, 0.25) is 0 Å². The summed E-state index contributed by atoms with van der Waals surface area (Å²) in [7, 11) is 0. The molecule has 2 aromatic heterocycles. The Kier molecular flexibility index (Phi) is 3.59. The van der Waals surface area contributed by atoms with Gasteiger partial charge >= 0.3 is 0 Å². The summed E-state index contributed by atoms with van der Waals surface area (Å²) >= 11 is 5.08. The maximum absolute atomic E-state index is 6.21. The van der Waals surface area contributed by atoms with Gasteiger partial charge in [0.2, 0.25) is 0 Å². The summed E-state index contributed by atoms with van der Waals surface area (Å²) in [6, 6.07) is 14.2. The Balaban J connectivity index is 2.14. The van der Waals surface area contributed by atoms with E-state index in [-0.39, 0.29) is 0 Å². The number of hydrogen-bond acceptors (Lipinski definition) is 3. The molecular weight excluding hydrogens is 332 g/mol. The number of hydrogen-bond donors (Lipinski definition) is 1. The van der Waals surface area contributed by atoms with E-state index in [9.17, 15) is 0 Å². The summed E-state index contributed by atoms with van der Waals surface area (Å²) in [6.07, 6.45) is 1.80. The number of thiophene rings is 1. The van der Waals surface area contributed by atoms with Crippen LogP contribution in [0.15, 0.2) is 53.1 Å². The Hall–Kier alpha value is -1.65. The summed E-state index contributed by atoms with van der Waals surface area (Å²) in [4.78, 5) is 5.62. The first-order valence-corrected chi connectivity index (χ1v) is 7.84. The van der Waals surface area contributed by atoms with E-state index in [0.29, 0.717) is 0 Å². The molecule has 0 saturated heterocycles. The highest BCUT2D eigenvalue weighted by Gasteiger charge is 2.16. The lowest BCUT2D eigenvalue weighted by atomic mass is 10.0. The van der Waals surface area contributed by atoms with Crippen LogP contribution < -0.4 is 5.73 Å². The molecule has 3 aromatic rings. The second-order valence-electron chi connectivity index (χ2n) is 4.52. The second-order valence-corrected chi connectivity index (χ2v) is 6.49. The van der Waals surface area contributed by atoms with Gasteiger partial charge in [0.05, 0.1) is 10.7 Å². The van der Waals surface area contributed by atoms with E-state index >= 15 is 0 Å². The van der Waals surface area contributed by atoms with Crippen LogP contribution in [0.5, 0.6) is 0 Å². The number of benzene rings is 1. The van der Waals surface area contributed by atoms with Gasteiger partial charge in [-0.2, -0.15) is 0 Å². The second kappa shape index (κ2) is 5.38. The Morgan fingerprint density at radius 2 is 1.85 bits per heavy atom. The predicted molar refractivity (Wildman–Crippen MR) is 89.8 cm³/mol. The van der Waals surface area contributed by atoms with Gasteiger partial charge in [0.1, 0.15) is 0 Å². The molecule has 0 spiro atoms. The molecule has 3 rings (SSSR count). The average Bonchev–Trinajstić information content (AvgIpc) is 2.76. The molecule has 1 aromatic carbocycles. The lowest BCUT2D eigenvalue weighted by Crippen LogP contribution is -1.88. The molecule has 4 heteroatoms. The first-order chi connectivity index (χ1) is 9.66. The summed E-state index contributed by atoms with van der Waals surface area (Å²) in [5.74, 6) is 0. The van der Waals surface area contributed by atoms with Crippen molar-refractivity contribution in [3.63, 3.8) is 0 Å². The molecule has 0 unspecified atom stereocenters. The number of aromatic nitrogens is 1. The predicted octanol–water partition coefficient (Wildman–Crippen LogP) is 5.13. The number of rotatable bonds is 2. The Morgan fingerprint density at radius 3 is 2.50 bits per heavy atom. The maximum atomic E-state index is 6.21. The molecule has 0 atom stereocenters. The lowest BCUT2D eigenvalue weighted by molar-refractivity contribution is 1.32. The molecule has 100 valence electrons. The number of nitrogens with two attached hydrogens (primary N) is 1. The van der Waals surface area contributed by atoms with Crippen LogP contribution in [0.1, 0.15) is 5.56 Å². The van der Waals surface area contributed by atoms with E-state index in [4.69, 9.17) is 5.73 Å². The molecule has 2 nitrogen and oxygen atoms in total. The molecule has 20 heavy (non-hydrogen) atoms. The van der Waals surface area contributed by atoms with Gasteiger partial charge in [-0.05, 0) is 42.3 Å². The first kappa shape index (κ1) is 13.3. The van der Waals surface area contributed by atoms with Crippen LogP contribution in [0.3, 0.4) is 0 Å². The minimum atomic E-state index is 0.819. The van der Waals surface area contributed by atoms with Crippen LogP contribution in [0.25, 0.3) is 21.7 Å². The number of halogens is 1. The topological polar surface area (TPSA) is 38.9 Å². The van der Waals surface area contributed by atoms with Gasteiger partial charge in [-0.3, -0.25) is 4.98 Å². The third-order valence-electron chi connectivity index (χ3n) is 3.20. The zero-order chi connectivity index (χ0) is 14.1. The van der Waals surface area contributed by atoms with E-state index in [1.807, 2.05) is 30.3 Å². The lowest BCUT2D eigenvalue weighted by Gasteiger charge is -2.03. The summed E-state index contributed by atoms with van der Waals surface area (Å²) < 4.78 is 1.08. The van der Waals surface area contributed by atoms with Crippen LogP contribution in [-0.4, -0.2) is 4.98 Å². The van der Waals surface area contributed by atoms with Crippen molar-refractivity contribution >= 4 is 32.3 Å². The van der Waals surface area contributed by atoms with Gasteiger partial charge in [0, 0.05) is 21.1 Å². The molecule has 0 radical (unpaired) electrons. The van der Waals surface area contributed by atoms with Crippen molar-refractivity contribution in [1.82, 2.24) is 4.98 Å². The SMILES string of the molecule is Cc1c(-c2ccc(Br)cc2)sc(N)c1-c1ccccn1. The van der Waals surface area contributed by atoms with E-state index in [2.05, 4.69) is 40.0 Å². The van der Waals surface area contributed by atoms with E-state index in [1.54, 1.807) is 17.5 Å². The van der Waals surface area contributed by atoms with E-state index < -0.39 is 0 Å². The number of pyridine rings is 1. The largest absolute Gasteiger partial charge is 0.390 e. The number of nitrogens with zero attached hydrogens (tertiary/aromatic N) is 1. The van der Waals surface area contributed by atoms with Crippen LogP contribution >= 0.6 is 27.3 Å². The fourth-order valence-electron chi connectivity index (χ4n) is 2.24. The van der Waals surface area contributed by atoms with Gasteiger partial charge in [-0.15, -0.1) is 11.3 Å². The van der Waals surface area contributed by atoms with E-state index in [1.165, 1.54) is 16.0 Å². The molecule has 0 fully saturated rings. The fourth-order valence-corrected chi connectivity index (χ4v) is 3.59. The van der Waals surface area contributed by atoms with Crippen molar-refractivity contribution < 1.29 is 0 Å². The number of anilines is 1. The van der Waals surface area contributed by atoms with Gasteiger partial charge in [-0.1, -0.05) is 34.1 Å². The molecular formula is C16H13BrN2S. The Labute approximate surface area is 130 Å².